The Morgan fingerprint density at radius 1 is 1.24 bits per heavy atom. The number of hydrogen-bond acceptors (Lipinski definition) is 4. The molecule has 3 rings (SSSR count). The van der Waals surface area contributed by atoms with Crippen molar-refractivity contribution in [3.05, 3.63) is 53.5 Å². The molecule has 1 aromatic carbocycles. The smallest absolute Gasteiger partial charge is 0.145 e. The van der Waals surface area contributed by atoms with E-state index in [0.29, 0.717) is 6.04 Å². The van der Waals surface area contributed by atoms with Crippen molar-refractivity contribution in [1.29, 1.82) is 0 Å². The molecule has 0 bridgehead atoms. The van der Waals surface area contributed by atoms with Crippen LogP contribution in [-0.4, -0.2) is 39.9 Å². The van der Waals surface area contributed by atoms with Crippen LogP contribution in [0.2, 0.25) is 0 Å². The summed E-state index contributed by atoms with van der Waals surface area (Å²) in [6.07, 6.45) is 1.81. The SMILES string of the molecule is COc1ccc(CN(C)C(C)Cn2nc(C)cc2C)c2cccnc12. The molecule has 0 amide bonds. The van der Waals surface area contributed by atoms with E-state index in [2.05, 4.69) is 58.8 Å². The van der Waals surface area contributed by atoms with Gasteiger partial charge in [-0.1, -0.05) is 12.1 Å². The van der Waals surface area contributed by atoms with E-state index < -0.39 is 0 Å². The van der Waals surface area contributed by atoms with E-state index in [1.165, 1.54) is 11.3 Å². The molecule has 5 nitrogen and oxygen atoms in total. The summed E-state index contributed by atoms with van der Waals surface area (Å²) in [6.45, 7) is 8.11. The van der Waals surface area contributed by atoms with E-state index >= 15 is 0 Å². The van der Waals surface area contributed by atoms with Gasteiger partial charge in [-0.3, -0.25) is 14.6 Å². The van der Waals surface area contributed by atoms with Crippen molar-refractivity contribution in [3.8, 4) is 5.75 Å². The quantitative estimate of drug-likeness (QED) is 0.689. The van der Waals surface area contributed by atoms with Crippen LogP contribution in [-0.2, 0) is 13.1 Å². The van der Waals surface area contributed by atoms with E-state index in [9.17, 15) is 0 Å². The second kappa shape index (κ2) is 7.23. The molecule has 2 aromatic heterocycles. The van der Waals surface area contributed by atoms with Gasteiger partial charge in [-0.2, -0.15) is 5.10 Å². The van der Waals surface area contributed by atoms with Crippen molar-refractivity contribution >= 4 is 10.9 Å². The van der Waals surface area contributed by atoms with Gasteiger partial charge in [0.2, 0.25) is 0 Å². The molecular formula is C20H26N4O. The maximum atomic E-state index is 5.44. The van der Waals surface area contributed by atoms with Crippen molar-refractivity contribution in [3.63, 3.8) is 0 Å². The number of rotatable bonds is 6. The van der Waals surface area contributed by atoms with Gasteiger partial charge in [-0.25, -0.2) is 0 Å². The van der Waals surface area contributed by atoms with Crippen LogP contribution in [0.25, 0.3) is 10.9 Å². The summed E-state index contributed by atoms with van der Waals surface area (Å²) in [7, 11) is 3.84. The van der Waals surface area contributed by atoms with Crippen LogP contribution in [0.3, 0.4) is 0 Å². The number of aromatic nitrogens is 3. The lowest BCUT2D eigenvalue weighted by Gasteiger charge is -2.26. The lowest BCUT2D eigenvalue weighted by atomic mass is 10.1. The first-order valence-electron chi connectivity index (χ1n) is 8.61. The van der Waals surface area contributed by atoms with Crippen LogP contribution in [0.4, 0.5) is 0 Å². The summed E-state index contributed by atoms with van der Waals surface area (Å²) < 4.78 is 7.53. The monoisotopic (exact) mass is 338 g/mol. The van der Waals surface area contributed by atoms with Crippen LogP contribution in [0.15, 0.2) is 36.5 Å². The van der Waals surface area contributed by atoms with Gasteiger partial charge in [0.05, 0.1) is 19.3 Å². The molecule has 0 radical (unpaired) electrons. The van der Waals surface area contributed by atoms with Gasteiger partial charge in [0.15, 0.2) is 0 Å². The third-order valence-electron chi connectivity index (χ3n) is 4.76. The average Bonchev–Trinajstić information content (AvgIpc) is 2.92. The number of ether oxygens (including phenoxy) is 1. The normalized spacial score (nSPS) is 12.7. The van der Waals surface area contributed by atoms with Gasteiger partial charge in [-0.05, 0) is 51.6 Å². The van der Waals surface area contributed by atoms with E-state index in [-0.39, 0.29) is 0 Å². The molecule has 0 fully saturated rings. The van der Waals surface area contributed by atoms with E-state index in [1.807, 2.05) is 25.3 Å². The fraction of sp³-hybridized carbons (Fsp3) is 0.400. The molecule has 5 heteroatoms. The van der Waals surface area contributed by atoms with Crippen LogP contribution in [0.1, 0.15) is 23.9 Å². The minimum absolute atomic E-state index is 0.367. The number of methoxy groups -OCH3 is 1. The maximum Gasteiger partial charge on any atom is 0.145 e. The molecule has 0 N–H and O–H groups in total. The molecule has 0 aliphatic heterocycles. The number of benzene rings is 1. The van der Waals surface area contributed by atoms with E-state index in [0.717, 1.165) is 35.4 Å². The number of hydrogen-bond donors (Lipinski definition) is 0. The van der Waals surface area contributed by atoms with Gasteiger partial charge < -0.3 is 4.74 Å². The molecule has 0 saturated heterocycles. The largest absolute Gasteiger partial charge is 0.494 e. The molecule has 0 spiro atoms. The summed E-state index contributed by atoms with van der Waals surface area (Å²) in [5.74, 6) is 0.817. The Balaban J connectivity index is 1.79. The highest BCUT2D eigenvalue weighted by molar-refractivity contribution is 5.87. The lowest BCUT2D eigenvalue weighted by molar-refractivity contribution is 0.221. The zero-order valence-electron chi connectivity index (χ0n) is 15.7. The molecule has 132 valence electrons. The van der Waals surface area contributed by atoms with Crippen LogP contribution in [0.5, 0.6) is 5.75 Å². The Labute approximate surface area is 149 Å². The highest BCUT2D eigenvalue weighted by Crippen LogP contribution is 2.27. The Kier molecular flexibility index (Phi) is 5.04. The van der Waals surface area contributed by atoms with Crippen LogP contribution < -0.4 is 4.74 Å². The molecule has 3 aromatic rings. The van der Waals surface area contributed by atoms with Crippen LogP contribution >= 0.6 is 0 Å². The lowest BCUT2D eigenvalue weighted by Crippen LogP contribution is -2.33. The van der Waals surface area contributed by atoms with Crippen LogP contribution in [0, 0.1) is 13.8 Å². The molecule has 0 saturated carbocycles. The predicted octanol–water partition coefficient (Wildman–Crippen LogP) is 3.58. The number of fused-ring (bicyclic) bond motifs is 1. The van der Waals surface area contributed by atoms with Crippen molar-refractivity contribution in [2.75, 3.05) is 14.2 Å². The standard InChI is InChI=1S/C20H26N4O/c1-14-11-15(2)24(22-14)12-16(3)23(4)13-17-8-9-19(25-5)20-18(17)7-6-10-21-20/h6-11,16H,12-13H2,1-5H3. The molecule has 1 unspecified atom stereocenters. The number of aryl methyl sites for hydroxylation is 2. The maximum absolute atomic E-state index is 5.44. The number of pyridine rings is 1. The summed E-state index contributed by atoms with van der Waals surface area (Å²) in [5.41, 5.74) is 4.45. The Morgan fingerprint density at radius 3 is 2.72 bits per heavy atom. The topological polar surface area (TPSA) is 43.2 Å². The summed E-state index contributed by atoms with van der Waals surface area (Å²) in [6, 6.07) is 10.7. The Morgan fingerprint density at radius 2 is 2.04 bits per heavy atom. The van der Waals surface area contributed by atoms with E-state index in [1.54, 1.807) is 7.11 Å². The molecule has 0 aliphatic carbocycles. The highest BCUT2D eigenvalue weighted by Gasteiger charge is 2.15. The fourth-order valence-corrected chi connectivity index (χ4v) is 3.18. The van der Waals surface area contributed by atoms with Gasteiger partial charge in [0, 0.05) is 29.9 Å². The van der Waals surface area contributed by atoms with Crippen molar-refractivity contribution in [2.45, 2.75) is 39.9 Å². The Bertz CT molecular complexity index is 871. The van der Waals surface area contributed by atoms with Crippen molar-refractivity contribution in [2.24, 2.45) is 0 Å². The minimum Gasteiger partial charge on any atom is -0.494 e. The van der Waals surface area contributed by atoms with Crippen molar-refractivity contribution < 1.29 is 4.74 Å². The van der Waals surface area contributed by atoms with Gasteiger partial charge >= 0.3 is 0 Å². The summed E-state index contributed by atoms with van der Waals surface area (Å²) in [4.78, 5) is 6.84. The zero-order valence-corrected chi connectivity index (χ0v) is 15.7. The zero-order chi connectivity index (χ0) is 18.0. The molecule has 1 atom stereocenters. The molecule has 25 heavy (non-hydrogen) atoms. The highest BCUT2D eigenvalue weighted by atomic mass is 16.5. The first-order chi connectivity index (χ1) is 12.0. The van der Waals surface area contributed by atoms with Gasteiger partial charge in [0.25, 0.3) is 0 Å². The molecular weight excluding hydrogens is 312 g/mol. The summed E-state index contributed by atoms with van der Waals surface area (Å²) in [5, 5.41) is 5.72. The van der Waals surface area contributed by atoms with Gasteiger partial charge in [0.1, 0.15) is 11.3 Å². The van der Waals surface area contributed by atoms with E-state index in [4.69, 9.17) is 4.74 Å². The average molecular weight is 338 g/mol. The fourth-order valence-electron chi connectivity index (χ4n) is 3.18. The van der Waals surface area contributed by atoms with Crippen molar-refractivity contribution in [1.82, 2.24) is 19.7 Å². The first-order valence-corrected chi connectivity index (χ1v) is 8.61. The summed E-state index contributed by atoms with van der Waals surface area (Å²) >= 11 is 0. The second-order valence-corrected chi connectivity index (χ2v) is 6.70. The third-order valence-corrected chi connectivity index (χ3v) is 4.76. The van der Waals surface area contributed by atoms with Gasteiger partial charge in [-0.15, -0.1) is 0 Å². The third kappa shape index (κ3) is 3.66. The molecule has 2 heterocycles. The number of likely N-dealkylation sites (N-methyl/N-ethyl adjacent to an activating group) is 1. The number of nitrogens with zero attached hydrogens (tertiary/aromatic N) is 4. The Hall–Kier alpha value is -2.40. The second-order valence-electron chi connectivity index (χ2n) is 6.70. The first kappa shape index (κ1) is 17.4. The molecule has 0 aliphatic rings. The minimum atomic E-state index is 0.367. The predicted molar refractivity (Wildman–Crippen MR) is 101 cm³/mol.